The van der Waals surface area contributed by atoms with Gasteiger partial charge in [-0.05, 0) is 70.9 Å². The third kappa shape index (κ3) is 4.23. The fraction of sp³-hybridized carbons (Fsp3) is 0.684. The van der Waals surface area contributed by atoms with Crippen molar-refractivity contribution in [3.05, 3.63) is 29.3 Å². The summed E-state index contributed by atoms with van der Waals surface area (Å²) in [6.45, 7) is 11.2. The quantitative estimate of drug-likeness (QED) is 0.840. The molecule has 116 valence electrons. The molecule has 0 aromatic heterocycles. The van der Waals surface area contributed by atoms with Crippen LogP contribution in [0.1, 0.15) is 57.6 Å². The van der Waals surface area contributed by atoms with E-state index in [4.69, 9.17) is 0 Å². The van der Waals surface area contributed by atoms with E-state index >= 15 is 0 Å². The van der Waals surface area contributed by atoms with Gasteiger partial charge in [-0.1, -0.05) is 17.7 Å². The number of hydrogen-bond donors (Lipinski definition) is 1. The Hall–Kier alpha value is -1.02. The van der Waals surface area contributed by atoms with Gasteiger partial charge in [-0.25, -0.2) is 0 Å². The van der Waals surface area contributed by atoms with Crippen LogP contribution in [0.4, 0.5) is 5.69 Å². The standard InChI is InChI=1S/C19H30N2/c1-14-5-10-18(16(11-14)12-20-19(2,3)4)21(17-8-9-17)13-15-6-7-15/h5,10-11,15,17,20H,6-9,12-13H2,1-4H3. The first-order valence-electron chi connectivity index (χ1n) is 8.53. The molecule has 0 bridgehead atoms. The molecule has 2 saturated carbocycles. The topological polar surface area (TPSA) is 15.3 Å². The van der Waals surface area contributed by atoms with Gasteiger partial charge in [-0.3, -0.25) is 0 Å². The van der Waals surface area contributed by atoms with E-state index < -0.39 is 0 Å². The van der Waals surface area contributed by atoms with Crippen molar-refractivity contribution in [2.75, 3.05) is 11.4 Å². The first-order chi connectivity index (χ1) is 9.92. The van der Waals surface area contributed by atoms with E-state index in [0.29, 0.717) is 0 Å². The van der Waals surface area contributed by atoms with E-state index in [2.05, 4.69) is 56.1 Å². The summed E-state index contributed by atoms with van der Waals surface area (Å²) >= 11 is 0. The molecule has 2 fully saturated rings. The van der Waals surface area contributed by atoms with Gasteiger partial charge in [-0.15, -0.1) is 0 Å². The summed E-state index contributed by atoms with van der Waals surface area (Å²) in [7, 11) is 0. The zero-order valence-electron chi connectivity index (χ0n) is 14.1. The molecule has 2 nitrogen and oxygen atoms in total. The Morgan fingerprint density at radius 3 is 2.43 bits per heavy atom. The molecular formula is C19H30N2. The molecule has 2 aliphatic carbocycles. The summed E-state index contributed by atoms with van der Waals surface area (Å²) in [6, 6.07) is 7.81. The van der Waals surface area contributed by atoms with Gasteiger partial charge in [0.15, 0.2) is 0 Å². The highest BCUT2D eigenvalue weighted by Gasteiger charge is 2.34. The summed E-state index contributed by atoms with van der Waals surface area (Å²) in [5.41, 5.74) is 4.48. The van der Waals surface area contributed by atoms with Crippen molar-refractivity contribution in [1.29, 1.82) is 0 Å². The highest BCUT2D eigenvalue weighted by atomic mass is 15.2. The Kier molecular flexibility index (Phi) is 4.00. The monoisotopic (exact) mass is 286 g/mol. The zero-order chi connectivity index (χ0) is 15.0. The lowest BCUT2D eigenvalue weighted by atomic mass is 10.0. The second-order valence-corrected chi connectivity index (χ2v) is 8.06. The maximum atomic E-state index is 3.66. The van der Waals surface area contributed by atoms with Crippen LogP contribution in [0.2, 0.25) is 0 Å². The van der Waals surface area contributed by atoms with Crippen LogP contribution in [0.3, 0.4) is 0 Å². The minimum atomic E-state index is 0.169. The molecule has 0 heterocycles. The van der Waals surface area contributed by atoms with Gasteiger partial charge in [0.2, 0.25) is 0 Å². The van der Waals surface area contributed by atoms with Gasteiger partial charge in [0.25, 0.3) is 0 Å². The number of aryl methyl sites for hydroxylation is 1. The lowest BCUT2D eigenvalue weighted by Gasteiger charge is -2.29. The molecule has 1 aromatic carbocycles. The number of hydrogen-bond acceptors (Lipinski definition) is 2. The number of nitrogens with zero attached hydrogens (tertiary/aromatic N) is 1. The summed E-state index contributed by atoms with van der Waals surface area (Å²) in [5.74, 6) is 0.954. The molecule has 0 radical (unpaired) electrons. The Balaban J connectivity index is 1.81. The van der Waals surface area contributed by atoms with Gasteiger partial charge in [0, 0.05) is 30.4 Å². The van der Waals surface area contributed by atoms with Crippen molar-refractivity contribution < 1.29 is 0 Å². The van der Waals surface area contributed by atoms with Crippen LogP contribution < -0.4 is 10.2 Å². The summed E-state index contributed by atoms with van der Waals surface area (Å²) < 4.78 is 0. The van der Waals surface area contributed by atoms with E-state index in [0.717, 1.165) is 18.5 Å². The lowest BCUT2D eigenvalue weighted by molar-refractivity contribution is 0.424. The molecule has 0 saturated heterocycles. The first kappa shape index (κ1) is 14.9. The molecule has 0 atom stereocenters. The fourth-order valence-electron chi connectivity index (χ4n) is 2.91. The molecule has 0 spiro atoms. The number of nitrogens with one attached hydrogen (secondary N) is 1. The number of anilines is 1. The van der Waals surface area contributed by atoms with Crippen LogP contribution in [0, 0.1) is 12.8 Å². The van der Waals surface area contributed by atoms with Crippen LogP contribution in [0.25, 0.3) is 0 Å². The van der Waals surface area contributed by atoms with Crippen molar-refractivity contribution in [3.63, 3.8) is 0 Å². The molecule has 1 aromatic rings. The maximum absolute atomic E-state index is 3.66. The van der Waals surface area contributed by atoms with Gasteiger partial charge < -0.3 is 10.2 Å². The van der Waals surface area contributed by atoms with Crippen molar-refractivity contribution in [2.24, 2.45) is 5.92 Å². The predicted molar refractivity (Wildman–Crippen MR) is 90.9 cm³/mol. The minimum Gasteiger partial charge on any atom is -0.368 e. The Bertz CT molecular complexity index is 493. The van der Waals surface area contributed by atoms with Crippen LogP contribution in [0.5, 0.6) is 0 Å². The molecule has 1 N–H and O–H groups in total. The molecule has 2 heteroatoms. The zero-order valence-corrected chi connectivity index (χ0v) is 14.1. The first-order valence-corrected chi connectivity index (χ1v) is 8.53. The fourth-order valence-corrected chi connectivity index (χ4v) is 2.91. The van der Waals surface area contributed by atoms with Crippen LogP contribution >= 0.6 is 0 Å². The highest BCUT2D eigenvalue weighted by Crippen LogP contribution is 2.39. The Labute approximate surface area is 129 Å². The normalized spacial score (nSPS) is 18.9. The highest BCUT2D eigenvalue weighted by molar-refractivity contribution is 5.57. The van der Waals surface area contributed by atoms with E-state index in [-0.39, 0.29) is 5.54 Å². The summed E-state index contributed by atoms with van der Waals surface area (Å²) in [5, 5.41) is 3.66. The Morgan fingerprint density at radius 2 is 1.86 bits per heavy atom. The molecule has 21 heavy (non-hydrogen) atoms. The molecule has 0 unspecified atom stereocenters. The van der Waals surface area contributed by atoms with Crippen molar-refractivity contribution >= 4 is 5.69 Å². The second-order valence-electron chi connectivity index (χ2n) is 8.06. The van der Waals surface area contributed by atoms with E-state index in [1.54, 1.807) is 0 Å². The minimum absolute atomic E-state index is 0.169. The third-order valence-electron chi connectivity index (χ3n) is 4.49. The van der Waals surface area contributed by atoms with Crippen molar-refractivity contribution in [1.82, 2.24) is 5.32 Å². The molecule has 3 rings (SSSR count). The third-order valence-corrected chi connectivity index (χ3v) is 4.49. The van der Waals surface area contributed by atoms with Gasteiger partial charge in [0.05, 0.1) is 0 Å². The largest absolute Gasteiger partial charge is 0.368 e. The average Bonchev–Trinajstić information content (AvgIpc) is 3.24. The van der Waals surface area contributed by atoms with E-state index in [1.165, 1.54) is 49.0 Å². The van der Waals surface area contributed by atoms with Crippen LogP contribution in [0.15, 0.2) is 18.2 Å². The van der Waals surface area contributed by atoms with Crippen LogP contribution in [-0.4, -0.2) is 18.1 Å². The Morgan fingerprint density at radius 1 is 1.14 bits per heavy atom. The second kappa shape index (κ2) is 5.64. The summed E-state index contributed by atoms with van der Waals surface area (Å²) in [4.78, 5) is 2.71. The number of rotatable bonds is 6. The molecule has 2 aliphatic rings. The molecule has 0 aliphatic heterocycles. The van der Waals surface area contributed by atoms with Gasteiger partial charge >= 0.3 is 0 Å². The molecule has 0 amide bonds. The molecular weight excluding hydrogens is 256 g/mol. The maximum Gasteiger partial charge on any atom is 0.0414 e. The van der Waals surface area contributed by atoms with E-state index in [9.17, 15) is 0 Å². The van der Waals surface area contributed by atoms with Crippen LogP contribution in [-0.2, 0) is 6.54 Å². The predicted octanol–water partition coefficient (Wildman–Crippen LogP) is 4.26. The number of benzene rings is 1. The average molecular weight is 286 g/mol. The van der Waals surface area contributed by atoms with E-state index in [1.807, 2.05) is 0 Å². The SMILES string of the molecule is Cc1ccc(N(CC2CC2)C2CC2)c(CNC(C)(C)C)c1. The summed E-state index contributed by atoms with van der Waals surface area (Å²) in [6.07, 6.45) is 5.63. The van der Waals surface area contributed by atoms with Crippen molar-refractivity contribution in [2.45, 2.75) is 71.5 Å². The van der Waals surface area contributed by atoms with Crippen molar-refractivity contribution in [3.8, 4) is 0 Å². The smallest absolute Gasteiger partial charge is 0.0414 e. The van der Waals surface area contributed by atoms with Gasteiger partial charge in [-0.2, -0.15) is 0 Å². The van der Waals surface area contributed by atoms with Gasteiger partial charge in [0.1, 0.15) is 0 Å². The lowest BCUT2D eigenvalue weighted by Crippen LogP contribution is -2.36.